The quantitative estimate of drug-likeness (QED) is 0.683. The zero-order valence-electron chi connectivity index (χ0n) is 16.4. The third kappa shape index (κ3) is 5.39. The van der Waals surface area contributed by atoms with Gasteiger partial charge in [-0.15, -0.1) is 0 Å². The van der Waals surface area contributed by atoms with Crippen LogP contribution in [0.15, 0.2) is 36.4 Å². The number of carbonyl (C=O) groups is 2. The van der Waals surface area contributed by atoms with E-state index in [2.05, 4.69) is 5.32 Å². The molecule has 7 heteroatoms. The van der Waals surface area contributed by atoms with Crippen molar-refractivity contribution in [3.63, 3.8) is 0 Å². The first kappa shape index (κ1) is 21.1. The van der Waals surface area contributed by atoms with Gasteiger partial charge in [0.1, 0.15) is 0 Å². The van der Waals surface area contributed by atoms with Crippen molar-refractivity contribution in [2.75, 3.05) is 26.6 Å². The predicted octanol–water partition coefficient (Wildman–Crippen LogP) is 3.61. The van der Waals surface area contributed by atoms with Crippen LogP contribution in [0.2, 0.25) is 0 Å². The Morgan fingerprint density at radius 2 is 1.54 bits per heavy atom. The maximum atomic E-state index is 12.5. The number of amides is 1. The van der Waals surface area contributed by atoms with Crippen LogP contribution in [-0.4, -0.2) is 38.3 Å². The average Bonchev–Trinajstić information content (AvgIpc) is 2.67. The van der Waals surface area contributed by atoms with Gasteiger partial charge in [0.2, 0.25) is 11.7 Å². The third-order valence-corrected chi connectivity index (χ3v) is 4.35. The number of nitrogens with one attached hydrogen (secondary N) is 1. The maximum Gasteiger partial charge on any atom is 0.303 e. The molecule has 1 atom stereocenters. The zero-order chi connectivity index (χ0) is 20.7. The van der Waals surface area contributed by atoms with Crippen molar-refractivity contribution in [2.24, 2.45) is 0 Å². The van der Waals surface area contributed by atoms with E-state index in [1.54, 1.807) is 24.3 Å². The van der Waals surface area contributed by atoms with Crippen molar-refractivity contribution in [1.29, 1.82) is 0 Å². The van der Waals surface area contributed by atoms with Crippen LogP contribution in [0.1, 0.15) is 29.9 Å². The van der Waals surface area contributed by atoms with Crippen LogP contribution >= 0.6 is 0 Å². The highest BCUT2D eigenvalue weighted by Crippen LogP contribution is 2.41. The zero-order valence-corrected chi connectivity index (χ0v) is 16.4. The number of carboxylic acid groups (broad SMARTS) is 1. The molecule has 0 heterocycles. The van der Waals surface area contributed by atoms with E-state index in [0.29, 0.717) is 28.5 Å². The van der Waals surface area contributed by atoms with Crippen molar-refractivity contribution < 1.29 is 28.9 Å². The summed E-state index contributed by atoms with van der Waals surface area (Å²) in [6, 6.07) is 10.7. The molecule has 2 aromatic carbocycles. The molecule has 0 saturated heterocycles. The van der Waals surface area contributed by atoms with Crippen LogP contribution in [0, 0.1) is 6.92 Å². The van der Waals surface area contributed by atoms with E-state index in [-0.39, 0.29) is 18.7 Å². The van der Waals surface area contributed by atoms with Crippen molar-refractivity contribution in [3.8, 4) is 17.2 Å². The van der Waals surface area contributed by atoms with E-state index in [1.165, 1.54) is 21.3 Å². The highest BCUT2D eigenvalue weighted by atomic mass is 16.5. The molecule has 0 spiro atoms. The maximum absolute atomic E-state index is 12.5. The standard InChI is InChI=1S/C21H25NO6/c1-13-5-7-16(8-6-13)22-19(23)11-15(12-20(24)25)14-9-17(26-2)21(28-4)18(10-14)27-3/h5-10,15H,11-12H2,1-4H3,(H,22,23)(H,24,25)/t15-/m1/s1. The van der Waals surface area contributed by atoms with Crippen molar-refractivity contribution >= 4 is 17.6 Å². The minimum absolute atomic E-state index is 0.00118. The van der Waals surface area contributed by atoms with Gasteiger partial charge >= 0.3 is 5.97 Å². The topological polar surface area (TPSA) is 94.1 Å². The Bertz CT molecular complexity index is 806. The van der Waals surface area contributed by atoms with Gasteiger partial charge in [0, 0.05) is 18.0 Å². The summed E-state index contributed by atoms with van der Waals surface area (Å²) < 4.78 is 16.0. The molecule has 150 valence electrons. The Morgan fingerprint density at radius 1 is 0.964 bits per heavy atom. The first-order chi connectivity index (χ1) is 13.4. The van der Waals surface area contributed by atoms with Crippen LogP contribution < -0.4 is 19.5 Å². The number of hydrogen-bond acceptors (Lipinski definition) is 5. The number of ether oxygens (including phenoxy) is 3. The van der Waals surface area contributed by atoms with Gasteiger partial charge in [-0.05, 0) is 36.8 Å². The summed E-state index contributed by atoms with van der Waals surface area (Å²) in [5.41, 5.74) is 2.37. The summed E-state index contributed by atoms with van der Waals surface area (Å²) >= 11 is 0. The highest BCUT2D eigenvalue weighted by Gasteiger charge is 2.23. The summed E-state index contributed by atoms with van der Waals surface area (Å²) in [7, 11) is 4.46. The lowest BCUT2D eigenvalue weighted by molar-refractivity contribution is -0.137. The molecule has 0 aliphatic carbocycles. The molecule has 0 radical (unpaired) electrons. The molecule has 2 N–H and O–H groups in total. The number of carboxylic acids is 1. The van der Waals surface area contributed by atoms with Gasteiger partial charge in [-0.3, -0.25) is 9.59 Å². The molecule has 0 bridgehead atoms. The second kappa shape index (κ2) is 9.64. The minimum atomic E-state index is -0.998. The number of aryl methyl sites for hydroxylation is 1. The molecular weight excluding hydrogens is 362 g/mol. The molecule has 0 saturated carbocycles. The molecule has 0 unspecified atom stereocenters. The van der Waals surface area contributed by atoms with E-state index in [4.69, 9.17) is 14.2 Å². The summed E-state index contributed by atoms with van der Waals surface area (Å²) in [5, 5.41) is 12.1. The number of methoxy groups -OCH3 is 3. The molecule has 7 nitrogen and oxygen atoms in total. The smallest absolute Gasteiger partial charge is 0.303 e. The lowest BCUT2D eigenvalue weighted by Crippen LogP contribution is -2.18. The molecule has 2 rings (SSSR count). The Kier molecular flexibility index (Phi) is 7.26. The van der Waals surface area contributed by atoms with Crippen LogP contribution in [0.5, 0.6) is 17.2 Å². The number of aliphatic carboxylic acids is 1. The highest BCUT2D eigenvalue weighted by molar-refractivity contribution is 5.91. The van der Waals surface area contributed by atoms with E-state index >= 15 is 0 Å². The molecule has 1 amide bonds. The minimum Gasteiger partial charge on any atom is -0.493 e. The number of anilines is 1. The largest absolute Gasteiger partial charge is 0.493 e. The first-order valence-electron chi connectivity index (χ1n) is 8.76. The SMILES string of the molecule is COc1cc([C@@H](CC(=O)O)CC(=O)Nc2ccc(C)cc2)cc(OC)c1OC. The number of rotatable bonds is 9. The Balaban J connectivity index is 2.28. The molecule has 0 aliphatic heterocycles. The Labute approximate surface area is 164 Å². The van der Waals surface area contributed by atoms with E-state index in [9.17, 15) is 14.7 Å². The summed E-state index contributed by atoms with van der Waals surface area (Å²) in [6.07, 6.45) is -0.210. The average molecular weight is 387 g/mol. The molecule has 0 aliphatic rings. The lowest BCUT2D eigenvalue weighted by atomic mass is 9.91. The van der Waals surface area contributed by atoms with Gasteiger partial charge in [0.05, 0.1) is 27.8 Å². The number of benzene rings is 2. The molecule has 0 aromatic heterocycles. The van der Waals surface area contributed by atoms with E-state index in [1.807, 2.05) is 19.1 Å². The lowest BCUT2D eigenvalue weighted by Gasteiger charge is -2.19. The Hall–Kier alpha value is -3.22. The van der Waals surface area contributed by atoms with Gasteiger partial charge in [-0.2, -0.15) is 0 Å². The van der Waals surface area contributed by atoms with Gasteiger partial charge in [-0.25, -0.2) is 0 Å². The summed E-state index contributed by atoms with van der Waals surface area (Å²) in [5.74, 6) is -0.605. The van der Waals surface area contributed by atoms with Crippen molar-refractivity contribution in [3.05, 3.63) is 47.5 Å². The fourth-order valence-electron chi connectivity index (χ4n) is 2.93. The predicted molar refractivity (Wildman–Crippen MR) is 106 cm³/mol. The molecule has 28 heavy (non-hydrogen) atoms. The summed E-state index contributed by atoms with van der Waals surface area (Å²) in [6.45, 7) is 1.96. The van der Waals surface area contributed by atoms with E-state index in [0.717, 1.165) is 5.56 Å². The van der Waals surface area contributed by atoms with Crippen LogP contribution in [0.25, 0.3) is 0 Å². The number of hydrogen-bond donors (Lipinski definition) is 2. The molecular formula is C21H25NO6. The first-order valence-corrected chi connectivity index (χ1v) is 8.76. The van der Waals surface area contributed by atoms with Gasteiger partial charge in [-0.1, -0.05) is 17.7 Å². The van der Waals surface area contributed by atoms with Crippen molar-refractivity contribution in [1.82, 2.24) is 0 Å². The normalized spacial score (nSPS) is 11.4. The van der Waals surface area contributed by atoms with Gasteiger partial charge in [0.15, 0.2) is 11.5 Å². The second-order valence-electron chi connectivity index (χ2n) is 6.37. The fraction of sp³-hybridized carbons (Fsp3) is 0.333. The fourth-order valence-corrected chi connectivity index (χ4v) is 2.93. The number of carbonyl (C=O) groups excluding carboxylic acids is 1. The van der Waals surface area contributed by atoms with Gasteiger partial charge in [0.25, 0.3) is 0 Å². The van der Waals surface area contributed by atoms with Crippen LogP contribution in [0.4, 0.5) is 5.69 Å². The van der Waals surface area contributed by atoms with Crippen LogP contribution in [0.3, 0.4) is 0 Å². The third-order valence-electron chi connectivity index (χ3n) is 4.35. The molecule has 0 fully saturated rings. The second-order valence-corrected chi connectivity index (χ2v) is 6.37. The Morgan fingerprint density at radius 3 is 2.00 bits per heavy atom. The monoisotopic (exact) mass is 387 g/mol. The van der Waals surface area contributed by atoms with Crippen molar-refractivity contribution in [2.45, 2.75) is 25.7 Å². The van der Waals surface area contributed by atoms with Crippen LogP contribution in [-0.2, 0) is 9.59 Å². The van der Waals surface area contributed by atoms with E-state index < -0.39 is 11.9 Å². The van der Waals surface area contributed by atoms with Gasteiger partial charge < -0.3 is 24.6 Å². The summed E-state index contributed by atoms with van der Waals surface area (Å²) in [4.78, 5) is 23.9. The molecule has 2 aromatic rings.